The lowest BCUT2D eigenvalue weighted by molar-refractivity contribution is -0.159. The van der Waals surface area contributed by atoms with Crippen LogP contribution in [0.1, 0.15) is 38.2 Å². The summed E-state index contributed by atoms with van der Waals surface area (Å²) in [7, 11) is 0. The van der Waals surface area contributed by atoms with Crippen molar-refractivity contribution in [1.82, 2.24) is 5.32 Å². The first-order valence-electron chi connectivity index (χ1n) is 7.29. The molecule has 1 aliphatic heterocycles. The number of carbonyl (C=O) groups excluding carboxylic acids is 1. The summed E-state index contributed by atoms with van der Waals surface area (Å²) in [5, 5.41) is 3.32. The quantitative estimate of drug-likeness (QED) is 0.832. The summed E-state index contributed by atoms with van der Waals surface area (Å²) in [6.07, 6.45) is 3.72. The molecule has 0 saturated carbocycles. The van der Waals surface area contributed by atoms with Gasteiger partial charge in [0.15, 0.2) is 0 Å². The Bertz CT molecular complexity index is 433. The molecule has 0 unspecified atom stereocenters. The summed E-state index contributed by atoms with van der Waals surface area (Å²) < 4.78 is 6.62. The van der Waals surface area contributed by atoms with Crippen LogP contribution < -0.4 is 5.32 Å². The third-order valence-corrected chi connectivity index (χ3v) is 4.53. The molecular weight excluding hydrogens is 318 g/mol. The van der Waals surface area contributed by atoms with Crippen LogP contribution in [0.2, 0.25) is 0 Å². The minimum atomic E-state index is -0.268. The minimum Gasteiger partial charge on any atom is -0.460 e. The topological polar surface area (TPSA) is 38.3 Å². The van der Waals surface area contributed by atoms with Crippen molar-refractivity contribution in [3.8, 4) is 0 Å². The lowest BCUT2D eigenvalue weighted by Crippen LogP contribution is -2.43. The summed E-state index contributed by atoms with van der Waals surface area (Å²) in [5.41, 5.74) is 0.761. The van der Waals surface area contributed by atoms with E-state index in [4.69, 9.17) is 4.74 Å². The van der Waals surface area contributed by atoms with Crippen LogP contribution in [0.5, 0.6) is 0 Å². The highest BCUT2D eigenvalue weighted by molar-refractivity contribution is 9.10. The second-order valence-electron chi connectivity index (χ2n) is 5.48. The van der Waals surface area contributed by atoms with Gasteiger partial charge in [0.25, 0.3) is 0 Å². The van der Waals surface area contributed by atoms with Gasteiger partial charge in [0.1, 0.15) is 6.61 Å². The first kappa shape index (κ1) is 15.5. The Balaban J connectivity index is 1.96. The van der Waals surface area contributed by atoms with Crippen LogP contribution in [0.3, 0.4) is 0 Å². The molecule has 4 heteroatoms. The number of ether oxygens (including phenoxy) is 1. The molecule has 0 atom stereocenters. The molecule has 0 bridgehead atoms. The van der Waals surface area contributed by atoms with E-state index in [9.17, 15) is 4.79 Å². The Morgan fingerprint density at radius 1 is 1.30 bits per heavy atom. The van der Waals surface area contributed by atoms with Gasteiger partial charge >= 0.3 is 5.97 Å². The number of halogens is 1. The maximum absolute atomic E-state index is 12.5. The van der Waals surface area contributed by atoms with Crippen molar-refractivity contribution in [1.29, 1.82) is 0 Å². The standard InChI is InChI=1S/C16H22BrNO2/c1-2-7-16(8-10-18-11-9-16)15(19)20-12-13-3-5-14(17)6-4-13/h3-6,18H,2,7-12H2,1H3. The molecule has 1 aromatic carbocycles. The maximum atomic E-state index is 12.5. The molecular formula is C16H22BrNO2. The van der Waals surface area contributed by atoms with Gasteiger partial charge in [-0.2, -0.15) is 0 Å². The van der Waals surface area contributed by atoms with Gasteiger partial charge < -0.3 is 10.1 Å². The van der Waals surface area contributed by atoms with Crippen LogP contribution in [0.15, 0.2) is 28.7 Å². The fourth-order valence-electron chi connectivity index (χ4n) is 2.82. The van der Waals surface area contributed by atoms with Crippen LogP contribution in [0.4, 0.5) is 0 Å². The Hall–Kier alpha value is -0.870. The summed E-state index contributed by atoms with van der Waals surface area (Å²) in [6, 6.07) is 7.89. The van der Waals surface area contributed by atoms with Gasteiger partial charge in [-0.15, -0.1) is 0 Å². The summed E-state index contributed by atoms with van der Waals surface area (Å²) >= 11 is 3.40. The van der Waals surface area contributed by atoms with Crippen molar-refractivity contribution in [2.45, 2.75) is 39.2 Å². The van der Waals surface area contributed by atoms with E-state index in [2.05, 4.69) is 28.2 Å². The molecule has 1 aliphatic rings. The van der Waals surface area contributed by atoms with E-state index >= 15 is 0 Å². The van der Waals surface area contributed by atoms with Gasteiger partial charge in [-0.1, -0.05) is 41.4 Å². The molecule has 0 amide bonds. The fourth-order valence-corrected chi connectivity index (χ4v) is 3.09. The van der Waals surface area contributed by atoms with Crippen molar-refractivity contribution in [3.63, 3.8) is 0 Å². The third kappa shape index (κ3) is 3.83. The van der Waals surface area contributed by atoms with Gasteiger partial charge in [0.05, 0.1) is 5.41 Å². The van der Waals surface area contributed by atoms with E-state index in [1.54, 1.807) is 0 Å². The summed E-state index contributed by atoms with van der Waals surface area (Å²) in [5.74, 6) is -0.0243. The fraction of sp³-hybridized carbons (Fsp3) is 0.562. The average molecular weight is 340 g/mol. The van der Waals surface area contributed by atoms with E-state index in [0.717, 1.165) is 48.8 Å². The monoisotopic (exact) mass is 339 g/mol. The van der Waals surface area contributed by atoms with Gasteiger partial charge in [-0.05, 0) is 50.0 Å². The average Bonchev–Trinajstić information content (AvgIpc) is 2.47. The number of nitrogens with one attached hydrogen (secondary N) is 1. The molecule has 0 radical (unpaired) electrons. The molecule has 1 heterocycles. The highest BCUT2D eigenvalue weighted by Gasteiger charge is 2.39. The predicted octanol–water partition coefficient (Wildman–Crippen LogP) is 3.66. The number of rotatable bonds is 5. The van der Waals surface area contributed by atoms with Crippen molar-refractivity contribution >= 4 is 21.9 Å². The van der Waals surface area contributed by atoms with Crippen molar-refractivity contribution < 1.29 is 9.53 Å². The number of piperidine rings is 1. The Labute approximate surface area is 129 Å². The normalized spacial score (nSPS) is 17.7. The smallest absolute Gasteiger partial charge is 0.312 e. The molecule has 1 N–H and O–H groups in total. The molecule has 1 fully saturated rings. The first-order valence-corrected chi connectivity index (χ1v) is 8.08. The predicted molar refractivity (Wildman–Crippen MR) is 83.4 cm³/mol. The maximum Gasteiger partial charge on any atom is 0.312 e. The second kappa shape index (κ2) is 7.23. The van der Waals surface area contributed by atoms with Crippen LogP contribution >= 0.6 is 15.9 Å². The first-order chi connectivity index (χ1) is 9.66. The van der Waals surface area contributed by atoms with Crippen LogP contribution in [0.25, 0.3) is 0 Å². The van der Waals surface area contributed by atoms with Crippen molar-refractivity contribution in [2.75, 3.05) is 13.1 Å². The zero-order chi connectivity index (χ0) is 14.4. The lowest BCUT2D eigenvalue weighted by atomic mass is 9.75. The lowest BCUT2D eigenvalue weighted by Gasteiger charge is -2.35. The largest absolute Gasteiger partial charge is 0.460 e. The van der Waals surface area contributed by atoms with Crippen LogP contribution in [0, 0.1) is 5.41 Å². The zero-order valence-corrected chi connectivity index (χ0v) is 13.5. The molecule has 1 saturated heterocycles. The number of carbonyl (C=O) groups is 1. The van der Waals surface area contributed by atoms with Gasteiger partial charge in [-0.3, -0.25) is 4.79 Å². The molecule has 20 heavy (non-hydrogen) atoms. The summed E-state index contributed by atoms with van der Waals surface area (Å²) in [4.78, 5) is 12.5. The van der Waals surface area contributed by atoms with E-state index in [-0.39, 0.29) is 11.4 Å². The number of benzene rings is 1. The molecule has 0 aromatic heterocycles. The molecule has 1 aromatic rings. The number of hydrogen-bond donors (Lipinski definition) is 1. The number of hydrogen-bond acceptors (Lipinski definition) is 3. The molecule has 2 rings (SSSR count). The molecule has 0 spiro atoms. The second-order valence-corrected chi connectivity index (χ2v) is 6.40. The van der Waals surface area contributed by atoms with E-state index in [1.807, 2.05) is 24.3 Å². The highest BCUT2D eigenvalue weighted by atomic mass is 79.9. The van der Waals surface area contributed by atoms with Crippen LogP contribution in [-0.2, 0) is 16.1 Å². The molecule has 3 nitrogen and oxygen atoms in total. The van der Waals surface area contributed by atoms with E-state index in [1.165, 1.54) is 0 Å². The van der Waals surface area contributed by atoms with Gasteiger partial charge in [0.2, 0.25) is 0 Å². The highest BCUT2D eigenvalue weighted by Crippen LogP contribution is 2.35. The molecule has 0 aliphatic carbocycles. The van der Waals surface area contributed by atoms with E-state index in [0.29, 0.717) is 6.61 Å². The van der Waals surface area contributed by atoms with Gasteiger partial charge in [0, 0.05) is 4.47 Å². The third-order valence-electron chi connectivity index (χ3n) is 4.01. The SMILES string of the molecule is CCCC1(C(=O)OCc2ccc(Br)cc2)CCNCC1. The van der Waals surface area contributed by atoms with Crippen molar-refractivity contribution in [2.24, 2.45) is 5.41 Å². The minimum absolute atomic E-state index is 0.0243. The number of esters is 1. The zero-order valence-electron chi connectivity index (χ0n) is 12.0. The van der Waals surface area contributed by atoms with Crippen LogP contribution in [-0.4, -0.2) is 19.1 Å². The Morgan fingerprint density at radius 3 is 2.55 bits per heavy atom. The molecule has 110 valence electrons. The Morgan fingerprint density at radius 2 is 1.95 bits per heavy atom. The van der Waals surface area contributed by atoms with Gasteiger partial charge in [-0.25, -0.2) is 0 Å². The van der Waals surface area contributed by atoms with E-state index < -0.39 is 0 Å². The summed E-state index contributed by atoms with van der Waals surface area (Å²) in [6.45, 7) is 4.32. The van der Waals surface area contributed by atoms with Crippen molar-refractivity contribution in [3.05, 3.63) is 34.3 Å². The Kier molecular flexibility index (Phi) is 5.61.